The monoisotopic (exact) mass is 166 g/mol. The summed E-state index contributed by atoms with van der Waals surface area (Å²) in [6.07, 6.45) is 5.72. The van der Waals surface area contributed by atoms with Crippen molar-refractivity contribution >= 4 is 0 Å². The molecule has 0 aromatic heterocycles. The molecule has 2 N–H and O–H groups in total. The largest absolute Gasteiger partial charge is 0.326 e. The summed E-state index contributed by atoms with van der Waals surface area (Å²) in [6, 6.07) is 1.41. The van der Waals surface area contributed by atoms with Gasteiger partial charge in [-0.05, 0) is 37.5 Å². The van der Waals surface area contributed by atoms with Crippen molar-refractivity contribution in [2.24, 2.45) is 17.6 Å². The van der Waals surface area contributed by atoms with E-state index in [1.54, 1.807) is 0 Å². The van der Waals surface area contributed by atoms with Crippen LogP contribution < -0.4 is 5.73 Å². The van der Waals surface area contributed by atoms with E-state index < -0.39 is 0 Å². The molecule has 2 saturated carbocycles. The Labute approximate surface area is 74.1 Å². The SMILES string of the molecule is NC1CCN(C2CCC3CC32)C1. The number of fused-ring (bicyclic) bond motifs is 1. The number of nitrogens with zero attached hydrogens (tertiary/aromatic N) is 1. The molecule has 0 radical (unpaired) electrons. The van der Waals surface area contributed by atoms with Crippen molar-refractivity contribution in [2.75, 3.05) is 13.1 Å². The third-order valence-electron chi connectivity index (χ3n) is 4.03. The zero-order valence-corrected chi connectivity index (χ0v) is 7.58. The molecule has 0 aromatic carbocycles. The molecular formula is C10H18N2. The van der Waals surface area contributed by atoms with Crippen molar-refractivity contribution in [1.29, 1.82) is 0 Å². The van der Waals surface area contributed by atoms with Gasteiger partial charge in [0.2, 0.25) is 0 Å². The van der Waals surface area contributed by atoms with Crippen molar-refractivity contribution in [3.05, 3.63) is 0 Å². The first-order valence-electron chi connectivity index (χ1n) is 5.34. The van der Waals surface area contributed by atoms with Crippen LogP contribution in [0.3, 0.4) is 0 Å². The molecule has 4 unspecified atom stereocenters. The van der Waals surface area contributed by atoms with Gasteiger partial charge in [0.25, 0.3) is 0 Å². The Bertz CT molecular complexity index is 192. The fraction of sp³-hybridized carbons (Fsp3) is 1.00. The van der Waals surface area contributed by atoms with E-state index in [2.05, 4.69) is 4.90 Å². The molecule has 12 heavy (non-hydrogen) atoms. The summed E-state index contributed by atoms with van der Waals surface area (Å²) in [5.41, 5.74) is 5.91. The lowest BCUT2D eigenvalue weighted by atomic mass is 10.1. The second kappa shape index (κ2) is 2.46. The minimum atomic E-state index is 0.475. The predicted molar refractivity (Wildman–Crippen MR) is 48.8 cm³/mol. The van der Waals surface area contributed by atoms with Crippen LogP contribution in [0.1, 0.15) is 25.7 Å². The zero-order valence-electron chi connectivity index (χ0n) is 7.58. The van der Waals surface area contributed by atoms with Gasteiger partial charge in [0.1, 0.15) is 0 Å². The second-order valence-corrected chi connectivity index (χ2v) is 4.85. The van der Waals surface area contributed by atoms with E-state index in [9.17, 15) is 0 Å². The van der Waals surface area contributed by atoms with E-state index in [0.29, 0.717) is 6.04 Å². The molecule has 1 heterocycles. The Balaban J connectivity index is 1.65. The molecule has 1 saturated heterocycles. The van der Waals surface area contributed by atoms with Crippen molar-refractivity contribution in [3.63, 3.8) is 0 Å². The number of nitrogens with two attached hydrogens (primary N) is 1. The van der Waals surface area contributed by atoms with Gasteiger partial charge >= 0.3 is 0 Å². The molecule has 2 aliphatic carbocycles. The average Bonchev–Trinajstić information content (AvgIpc) is 2.53. The smallest absolute Gasteiger partial charge is 0.0180 e. The highest BCUT2D eigenvalue weighted by Gasteiger charge is 2.50. The molecule has 2 heteroatoms. The maximum Gasteiger partial charge on any atom is 0.0180 e. The average molecular weight is 166 g/mol. The first kappa shape index (κ1) is 7.34. The quantitative estimate of drug-likeness (QED) is 0.625. The molecule has 1 aliphatic heterocycles. The summed E-state index contributed by atoms with van der Waals surface area (Å²) in [5, 5.41) is 0. The fourth-order valence-corrected chi connectivity index (χ4v) is 3.24. The van der Waals surface area contributed by atoms with Crippen LogP contribution in [0.4, 0.5) is 0 Å². The van der Waals surface area contributed by atoms with Crippen LogP contribution in [0, 0.1) is 11.8 Å². The van der Waals surface area contributed by atoms with Crippen LogP contribution in [0.15, 0.2) is 0 Å². The summed E-state index contributed by atoms with van der Waals surface area (Å²) in [5.74, 6) is 2.20. The predicted octanol–water partition coefficient (Wildman–Crippen LogP) is 0.818. The van der Waals surface area contributed by atoms with Gasteiger partial charge in [0, 0.05) is 25.2 Å². The summed E-state index contributed by atoms with van der Waals surface area (Å²) in [4.78, 5) is 2.66. The van der Waals surface area contributed by atoms with E-state index in [0.717, 1.165) is 17.9 Å². The molecule has 3 aliphatic rings. The Hall–Kier alpha value is -0.0800. The van der Waals surface area contributed by atoms with Crippen molar-refractivity contribution < 1.29 is 0 Å². The zero-order chi connectivity index (χ0) is 8.13. The van der Waals surface area contributed by atoms with Gasteiger partial charge in [0.15, 0.2) is 0 Å². The Morgan fingerprint density at radius 2 is 2.08 bits per heavy atom. The summed E-state index contributed by atoms with van der Waals surface area (Å²) in [6.45, 7) is 2.45. The minimum Gasteiger partial charge on any atom is -0.326 e. The van der Waals surface area contributed by atoms with Crippen LogP contribution in [-0.4, -0.2) is 30.1 Å². The van der Waals surface area contributed by atoms with E-state index in [1.165, 1.54) is 38.8 Å². The minimum absolute atomic E-state index is 0.475. The molecule has 4 atom stereocenters. The summed E-state index contributed by atoms with van der Waals surface area (Å²) in [7, 11) is 0. The molecule has 68 valence electrons. The lowest BCUT2D eigenvalue weighted by Crippen LogP contribution is -2.35. The first-order chi connectivity index (χ1) is 5.84. The Morgan fingerprint density at radius 3 is 2.58 bits per heavy atom. The number of hydrogen-bond donors (Lipinski definition) is 1. The third-order valence-corrected chi connectivity index (χ3v) is 4.03. The Morgan fingerprint density at radius 1 is 1.17 bits per heavy atom. The summed E-state index contributed by atoms with van der Waals surface area (Å²) < 4.78 is 0. The molecule has 0 aromatic rings. The lowest BCUT2D eigenvalue weighted by molar-refractivity contribution is 0.222. The normalized spacial score (nSPS) is 52.8. The molecular weight excluding hydrogens is 148 g/mol. The lowest BCUT2D eigenvalue weighted by Gasteiger charge is -2.24. The molecule has 2 nitrogen and oxygen atoms in total. The fourth-order valence-electron chi connectivity index (χ4n) is 3.24. The van der Waals surface area contributed by atoms with Gasteiger partial charge in [0.05, 0.1) is 0 Å². The highest BCUT2D eigenvalue weighted by molar-refractivity contribution is 5.03. The van der Waals surface area contributed by atoms with Crippen LogP contribution >= 0.6 is 0 Å². The standard InChI is InChI=1S/C10H18N2/c11-8-3-4-12(6-8)10-2-1-7-5-9(7)10/h7-10H,1-6,11H2. The number of rotatable bonds is 1. The molecule has 3 fully saturated rings. The van der Waals surface area contributed by atoms with E-state index in [4.69, 9.17) is 5.73 Å². The van der Waals surface area contributed by atoms with E-state index in [1.807, 2.05) is 0 Å². The van der Waals surface area contributed by atoms with Gasteiger partial charge in [-0.25, -0.2) is 0 Å². The van der Waals surface area contributed by atoms with Crippen LogP contribution in [0.5, 0.6) is 0 Å². The maximum atomic E-state index is 5.91. The molecule has 3 rings (SSSR count). The van der Waals surface area contributed by atoms with Crippen molar-refractivity contribution in [3.8, 4) is 0 Å². The second-order valence-electron chi connectivity index (χ2n) is 4.85. The highest BCUT2D eigenvalue weighted by atomic mass is 15.2. The highest BCUT2D eigenvalue weighted by Crippen LogP contribution is 2.53. The van der Waals surface area contributed by atoms with Crippen molar-refractivity contribution in [2.45, 2.75) is 37.8 Å². The van der Waals surface area contributed by atoms with Gasteiger partial charge < -0.3 is 5.73 Å². The molecule has 0 bridgehead atoms. The van der Waals surface area contributed by atoms with Crippen LogP contribution in [0.25, 0.3) is 0 Å². The van der Waals surface area contributed by atoms with Crippen molar-refractivity contribution in [1.82, 2.24) is 4.90 Å². The van der Waals surface area contributed by atoms with E-state index >= 15 is 0 Å². The van der Waals surface area contributed by atoms with Crippen LogP contribution in [-0.2, 0) is 0 Å². The maximum absolute atomic E-state index is 5.91. The van der Waals surface area contributed by atoms with Gasteiger partial charge in [-0.15, -0.1) is 0 Å². The summed E-state index contributed by atoms with van der Waals surface area (Å²) >= 11 is 0. The number of likely N-dealkylation sites (tertiary alicyclic amines) is 1. The van der Waals surface area contributed by atoms with Gasteiger partial charge in [-0.3, -0.25) is 4.90 Å². The molecule has 0 spiro atoms. The van der Waals surface area contributed by atoms with Gasteiger partial charge in [-0.2, -0.15) is 0 Å². The van der Waals surface area contributed by atoms with Gasteiger partial charge in [-0.1, -0.05) is 0 Å². The first-order valence-corrected chi connectivity index (χ1v) is 5.34. The Kier molecular flexibility index (Phi) is 1.50. The number of hydrogen-bond acceptors (Lipinski definition) is 2. The topological polar surface area (TPSA) is 29.3 Å². The molecule has 0 amide bonds. The van der Waals surface area contributed by atoms with Crippen LogP contribution in [0.2, 0.25) is 0 Å². The third kappa shape index (κ3) is 1.01. The van der Waals surface area contributed by atoms with E-state index in [-0.39, 0.29) is 0 Å².